The van der Waals surface area contributed by atoms with Gasteiger partial charge in [-0.25, -0.2) is 0 Å². The monoisotopic (exact) mass is 309 g/mol. The third kappa shape index (κ3) is 3.83. The Bertz CT molecular complexity index is 698. The molecule has 2 aromatic carbocycles. The molecule has 0 spiro atoms. The van der Waals surface area contributed by atoms with Crippen LogP contribution in [0.1, 0.15) is 11.1 Å². The summed E-state index contributed by atoms with van der Waals surface area (Å²) in [5.41, 5.74) is 2.12. The van der Waals surface area contributed by atoms with Gasteiger partial charge in [0.25, 0.3) is 0 Å². The highest BCUT2D eigenvalue weighted by Gasteiger charge is 2.30. The van der Waals surface area contributed by atoms with Gasteiger partial charge in [-0.3, -0.25) is 4.79 Å². The third-order valence-corrected chi connectivity index (χ3v) is 4.27. The minimum Gasteiger partial charge on any atom is -0.303 e. The molecule has 1 atom stereocenters. The van der Waals surface area contributed by atoms with Gasteiger partial charge in [0.15, 0.2) is 5.17 Å². The molecular formula is C17H15N3OS. The summed E-state index contributed by atoms with van der Waals surface area (Å²) >= 11 is 1.42. The number of benzene rings is 2. The van der Waals surface area contributed by atoms with Crippen molar-refractivity contribution in [3.05, 3.63) is 71.8 Å². The van der Waals surface area contributed by atoms with E-state index < -0.39 is 0 Å². The van der Waals surface area contributed by atoms with E-state index in [0.29, 0.717) is 11.6 Å². The molecule has 1 fully saturated rings. The lowest BCUT2D eigenvalue weighted by atomic mass is 10.1. The van der Waals surface area contributed by atoms with Crippen molar-refractivity contribution >= 4 is 29.1 Å². The number of thioether (sulfide) groups is 1. The number of amides is 1. The first-order chi connectivity index (χ1) is 10.8. The maximum Gasteiger partial charge on any atom is 0.239 e. The molecule has 1 aliphatic heterocycles. The van der Waals surface area contributed by atoms with E-state index in [1.165, 1.54) is 11.8 Å². The van der Waals surface area contributed by atoms with E-state index in [-0.39, 0.29) is 11.2 Å². The molecule has 0 unspecified atom stereocenters. The van der Waals surface area contributed by atoms with Gasteiger partial charge >= 0.3 is 0 Å². The number of nitrogens with one attached hydrogen (secondary N) is 1. The van der Waals surface area contributed by atoms with Crippen LogP contribution >= 0.6 is 11.8 Å². The van der Waals surface area contributed by atoms with Crippen molar-refractivity contribution in [2.75, 3.05) is 0 Å². The first kappa shape index (κ1) is 14.5. The summed E-state index contributed by atoms with van der Waals surface area (Å²) in [7, 11) is 0. The van der Waals surface area contributed by atoms with Gasteiger partial charge in [0.2, 0.25) is 5.91 Å². The second-order valence-corrected chi connectivity index (χ2v) is 6.04. The van der Waals surface area contributed by atoms with Gasteiger partial charge in [-0.05, 0) is 17.5 Å². The van der Waals surface area contributed by atoms with Crippen LogP contribution in [0.5, 0.6) is 0 Å². The highest BCUT2D eigenvalue weighted by atomic mass is 32.2. The van der Waals surface area contributed by atoms with E-state index in [1.807, 2.05) is 60.7 Å². The minimum absolute atomic E-state index is 0.0116. The second kappa shape index (κ2) is 7.04. The number of carbonyl (C=O) groups is 1. The zero-order chi connectivity index (χ0) is 15.2. The minimum atomic E-state index is -0.145. The predicted octanol–water partition coefficient (Wildman–Crippen LogP) is 2.85. The number of hydrogen-bond donors (Lipinski definition) is 1. The van der Waals surface area contributed by atoms with Gasteiger partial charge in [0, 0.05) is 0 Å². The quantitative estimate of drug-likeness (QED) is 0.697. The summed E-state index contributed by atoms with van der Waals surface area (Å²) in [6, 6.07) is 19.7. The van der Waals surface area contributed by atoms with Crippen molar-refractivity contribution in [1.82, 2.24) is 5.32 Å². The van der Waals surface area contributed by atoms with Crippen LogP contribution in [0.15, 0.2) is 70.9 Å². The van der Waals surface area contributed by atoms with E-state index >= 15 is 0 Å². The molecule has 1 aliphatic rings. The Morgan fingerprint density at radius 3 is 2.45 bits per heavy atom. The maximum atomic E-state index is 12.0. The summed E-state index contributed by atoms with van der Waals surface area (Å²) < 4.78 is 0. The average Bonchev–Trinajstić information content (AvgIpc) is 2.89. The number of hydrogen-bond acceptors (Lipinski definition) is 4. The van der Waals surface area contributed by atoms with Gasteiger partial charge < -0.3 is 5.32 Å². The fourth-order valence-electron chi connectivity index (χ4n) is 2.10. The molecule has 0 radical (unpaired) electrons. The predicted molar refractivity (Wildman–Crippen MR) is 91.1 cm³/mol. The van der Waals surface area contributed by atoms with Gasteiger partial charge in [-0.2, -0.15) is 5.10 Å². The zero-order valence-corrected chi connectivity index (χ0v) is 12.7. The van der Waals surface area contributed by atoms with Gasteiger partial charge in [0.1, 0.15) is 0 Å². The molecule has 4 nitrogen and oxygen atoms in total. The van der Waals surface area contributed by atoms with Crippen LogP contribution in [0.25, 0.3) is 0 Å². The fourth-order valence-corrected chi connectivity index (χ4v) is 3.07. The Morgan fingerprint density at radius 2 is 1.73 bits per heavy atom. The fraction of sp³-hybridized carbons (Fsp3) is 0.118. The largest absolute Gasteiger partial charge is 0.303 e. The second-order valence-electron chi connectivity index (χ2n) is 4.85. The molecule has 110 valence electrons. The van der Waals surface area contributed by atoms with Crippen molar-refractivity contribution in [3.63, 3.8) is 0 Å². The summed E-state index contributed by atoms with van der Waals surface area (Å²) in [5.74, 6) is -0.0116. The number of amidine groups is 1. The maximum absolute atomic E-state index is 12.0. The SMILES string of the molecule is O=C1N/C(=N/N=C\c2ccccc2)S[C@H]1Cc1ccccc1. The van der Waals surface area contributed by atoms with E-state index in [9.17, 15) is 4.79 Å². The van der Waals surface area contributed by atoms with Crippen molar-refractivity contribution in [2.24, 2.45) is 10.2 Å². The Balaban J connectivity index is 1.62. The van der Waals surface area contributed by atoms with E-state index in [2.05, 4.69) is 15.5 Å². The molecule has 22 heavy (non-hydrogen) atoms. The normalized spacial score (nSPS) is 19.7. The van der Waals surface area contributed by atoms with Crippen LogP contribution in [-0.4, -0.2) is 22.5 Å². The molecule has 0 aromatic heterocycles. The van der Waals surface area contributed by atoms with Gasteiger partial charge in [0.05, 0.1) is 11.5 Å². The van der Waals surface area contributed by atoms with Crippen LogP contribution in [0.3, 0.4) is 0 Å². The van der Waals surface area contributed by atoms with Crippen LogP contribution in [-0.2, 0) is 11.2 Å². The number of rotatable bonds is 4. The highest BCUT2D eigenvalue weighted by molar-refractivity contribution is 8.15. The summed E-state index contributed by atoms with van der Waals surface area (Å²) in [5, 5.41) is 11.3. The summed E-state index contributed by atoms with van der Waals surface area (Å²) in [6.45, 7) is 0. The highest BCUT2D eigenvalue weighted by Crippen LogP contribution is 2.23. The molecule has 1 N–H and O–H groups in total. The van der Waals surface area contributed by atoms with Crippen LogP contribution in [0.2, 0.25) is 0 Å². The molecule has 1 saturated heterocycles. The van der Waals surface area contributed by atoms with Gasteiger partial charge in [-0.15, -0.1) is 5.10 Å². The Labute approximate surface area is 133 Å². The number of carbonyl (C=O) groups excluding carboxylic acids is 1. The lowest BCUT2D eigenvalue weighted by molar-refractivity contribution is -0.118. The Morgan fingerprint density at radius 1 is 1.05 bits per heavy atom. The third-order valence-electron chi connectivity index (χ3n) is 3.20. The molecule has 2 aromatic rings. The molecule has 1 heterocycles. The van der Waals surface area contributed by atoms with Crippen molar-refractivity contribution in [1.29, 1.82) is 0 Å². The van der Waals surface area contributed by atoms with Crippen molar-refractivity contribution < 1.29 is 4.79 Å². The molecule has 0 aliphatic carbocycles. The van der Waals surface area contributed by atoms with Crippen LogP contribution < -0.4 is 5.32 Å². The average molecular weight is 309 g/mol. The Hall–Kier alpha value is -2.40. The number of nitrogens with zero attached hydrogens (tertiary/aromatic N) is 2. The zero-order valence-electron chi connectivity index (χ0n) is 11.8. The lowest BCUT2D eigenvalue weighted by Crippen LogP contribution is -2.25. The smallest absolute Gasteiger partial charge is 0.239 e. The first-order valence-corrected chi connectivity index (χ1v) is 7.87. The standard InChI is InChI=1S/C17H15N3OS/c21-16-15(11-13-7-3-1-4-8-13)22-17(19-16)20-18-12-14-9-5-2-6-10-14/h1-10,12,15H,11H2,(H,19,20,21)/b18-12-/t15-/m0/s1. The van der Waals surface area contributed by atoms with E-state index in [0.717, 1.165) is 11.1 Å². The summed E-state index contributed by atoms with van der Waals surface area (Å²) in [4.78, 5) is 12.0. The molecule has 3 rings (SSSR count). The molecule has 0 bridgehead atoms. The van der Waals surface area contributed by atoms with Gasteiger partial charge in [-0.1, -0.05) is 72.4 Å². The molecule has 5 heteroatoms. The topological polar surface area (TPSA) is 53.8 Å². The molecule has 1 amide bonds. The summed E-state index contributed by atoms with van der Waals surface area (Å²) in [6.07, 6.45) is 2.36. The van der Waals surface area contributed by atoms with Crippen molar-refractivity contribution in [3.8, 4) is 0 Å². The first-order valence-electron chi connectivity index (χ1n) is 6.99. The van der Waals surface area contributed by atoms with E-state index in [1.54, 1.807) is 6.21 Å². The molecule has 0 saturated carbocycles. The van der Waals surface area contributed by atoms with Crippen molar-refractivity contribution in [2.45, 2.75) is 11.7 Å². The van der Waals surface area contributed by atoms with E-state index in [4.69, 9.17) is 0 Å². The molecular weight excluding hydrogens is 294 g/mol. The van der Waals surface area contributed by atoms with Crippen LogP contribution in [0, 0.1) is 0 Å². The van der Waals surface area contributed by atoms with Crippen LogP contribution in [0.4, 0.5) is 0 Å². The Kier molecular flexibility index (Phi) is 4.65. The lowest BCUT2D eigenvalue weighted by Gasteiger charge is -2.04.